The van der Waals surface area contributed by atoms with Crippen LogP contribution in [-0.4, -0.2) is 54.0 Å². The van der Waals surface area contributed by atoms with Gasteiger partial charge in [-0.3, -0.25) is 9.58 Å². The molecule has 0 bridgehead atoms. The number of benzene rings is 1. The highest BCUT2D eigenvalue weighted by molar-refractivity contribution is 5.87. The number of nitrogens with zero attached hydrogens (tertiary/aromatic N) is 5. The largest absolute Gasteiger partial charge is 0.446 e. The zero-order valence-electron chi connectivity index (χ0n) is 24.1. The molecule has 1 amide bonds. The van der Waals surface area contributed by atoms with Gasteiger partial charge in [0.15, 0.2) is 5.82 Å². The maximum atomic E-state index is 15.0. The first kappa shape index (κ1) is 27.8. The Hall–Kier alpha value is -3.23. The number of rotatable bonds is 5. The first-order valence-electron chi connectivity index (χ1n) is 13.4. The van der Waals surface area contributed by atoms with E-state index in [1.807, 2.05) is 54.7 Å². The van der Waals surface area contributed by atoms with E-state index in [-0.39, 0.29) is 41.1 Å². The van der Waals surface area contributed by atoms with E-state index in [1.165, 1.54) is 6.07 Å². The number of ether oxygens (including phenoxy) is 1. The van der Waals surface area contributed by atoms with Crippen LogP contribution in [-0.2, 0) is 11.8 Å². The van der Waals surface area contributed by atoms with Crippen LogP contribution in [0.4, 0.5) is 15.1 Å². The number of aryl methyl sites for hydroxylation is 1. The van der Waals surface area contributed by atoms with Gasteiger partial charge < -0.3 is 10.1 Å². The maximum absolute atomic E-state index is 15.0. The lowest BCUT2D eigenvalue weighted by Gasteiger charge is -2.44. The zero-order chi connectivity index (χ0) is 28.0. The van der Waals surface area contributed by atoms with Crippen molar-refractivity contribution in [3.05, 3.63) is 35.9 Å². The van der Waals surface area contributed by atoms with Crippen molar-refractivity contribution in [2.75, 3.05) is 5.32 Å². The second-order valence-corrected chi connectivity index (χ2v) is 12.6. The third kappa shape index (κ3) is 5.76. The molecule has 2 atom stereocenters. The second-order valence-electron chi connectivity index (χ2n) is 12.6. The fourth-order valence-electron chi connectivity index (χ4n) is 5.81. The molecule has 4 rings (SSSR count). The van der Waals surface area contributed by atoms with Gasteiger partial charge in [-0.2, -0.15) is 5.10 Å². The van der Waals surface area contributed by atoms with Crippen LogP contribution in [0, 0.1) is 5.82 Å². The summed E-state index contributed by atoms with van der Waals surface area (Å²) in [6, 6.07) is 5.29. The van der Waals surface area contributed by atoms with Gasteiger partial charge in [0.2, 0.25) is 5.95 Å². The van der Waals surface area contributed by atoms with Crippen molar-refractivity contribution in [2.24, 2.45) is 7.05 Å². The third-order valence-corrected chi connectivity index (χ3v) is 6.95. The molecular weight excluding hydrogens is 483 g/mol. The van der Waals surface area contributed by atoms with Crippen LogP contribution in [0.5, 0.6) is 0 Å². The molecule has 38 heavy (non-hydrogen) atoms. The van der Waals surface area contributed by atoms with Crippen LogP contribution < -0.4 is 5.32 Å². The monoisotopic (exact) mass is 524 g/mol. The topological polar surface area (TPSA) is 85.2 Å². The van der Waals surface area contributed by atoms with Crippen LogP contribution in [0.3, 0.4) is 0 Å². The van der Waals surface area contributed by atoms with E-state index in [9.17, 15) is 9.18 Å². The van der Waals surface area contributed by atoms with Gasteiger partial charge in [0.25, 0.3) is 0 Å². The zero-order valence-corrected chi connectivity index (χ0v) is 24.1. The molecule has 9 heteroatoms. The number of carbonyl (C=O) groups is 1. The number of anilines is 1. The number of carbonyl (C=O) groups excluding carboxylic acids is 1. The summed E-state index contributed by atoms with van der Waals surface area (Å²) in [4.78, 5) is 23.9. The molecule has 1 saturated carbocycles. The van der Waals surface area contributed by atoms with E-state index in [0.717, 1.165) is 23.9 Å². The Morgan fingerprint density at radius 2 is 1.84 bits per heavy atom. The Balaban J connectivity index is 1.48. The lowest BCUT2D eigenvalue weighted by molar-refractivity contribution is 0.00153. The lowest BCUT2D eigenvalue weighted by atomic mass is 9.97. The average Bonchev–Trinajstić information content (AvgIpc) is 3.34. The summed E-state index contributed by atoms with van der Waals surface area (Å²) in [7, 11) is 1.84. The summed E-state index contributed by atoms with van der Waals surface area (Å²) < 4.78 is 22.7. The molecule has 0 saturated heterocycles. The van der Waals surface area contributed by atoms with Crippen LogP contribution in [0.15, 0.2) is 24.4 Å². The normalized spacial score (nSPS) is 18.3. The minimum atomic E-state index is -0.367. The van der Waals surface area contributed by atoms with Gasteiger partial charge >= 0.3 is 6.09 Å². The Kier molecular flexibility index (Phi) is 7.43. The van der Waals surface area contributed by atoms with Crippen molar-refractivity contribution in [1.29, 1.82) is 0 Å². The van der Waals surface area contributed by atoms with Gasteiger partial charge in [-0.25, -0.2) is 19.2 Å². The molecule has 8 nitrogen and oxygen atoms in total. The molecule has 206 valence electrons. The predicted octanol–water partition coefficient (Wildman–Crippen LogP) is 6.66. The number of hydrogen-bond donors (Lipinski definition) is 1. The van der Waals surface area contributed by atoms with E-state index in [0.29, 0.717) is 29.1 Å². The molecule has 1 aliphatic carbocycles. The van der Waals surface area contributed by atoms with Gasteiger partial charge in [0, 0.05) is 53.4 Å². The van der Waals surface area contributed by atoms with Crippen molar-refractivity contribution in [3.63, 3.8) is 0 Å². The van der Waals surface area contributed by atoms with Gasteiger partial charge in [0.05, 0.1) is 5.69 Å². The van der Waals surface area contributed by atoms with E-state index >= 15 is 0 Å². The third-order valence-electron chi connectivity index (χ3n) is 6.95. The van der Waals surface area contributed by atoms with Crippen molar-refractivity contribution < 1.29 is 13.9 Å². The van der Waals surface area contributed by atoms with Crippen LogP contribution >= 0.6 is 0 Å². The molecule has 0 radical (unpaired) electrons. The Bertz CT molecular complexity index is 1310. The fourth-order valence-corrected chi connectivity index (χ4v) is 5.81. The summed E-state index contributed by atoms with van der Waals surface area (Å²) in [5, 5.41) is 8.57. The molecule has 1 aliphatic rings. The average molecular weight is 525 g/mol. The second kappa shape index (κ2) is 10.2. The molecule has 0 spiro atoms. The van der Waals surface area contributed by atoms with Crippen LogP contribution in [0.2, 0.25) is 0 Å². The molecule has 3 aromatic rings. The minimum Gasteiger partial charge on any atom is -0.446 e. The summed E-state index contributed by atoms with van der Waals surface area (Å²) in [6.07, 6.45) is 3.50. The first-order chi connectivity index (χ1) is 17.6. The van der Waals surface area contributed by atoms with E-state index < -0.39 is 0 Å². The first-order valence-corrected chi connectivity index (χ1v) is 13.4. The Morgan fingerprint density at radius 3 is 2.47 bits per heavy atom. The number of aromatic nitrogens is 4. The molecule has 1 fully saturated rings. The standard InChI is InChI=1S/C29H41FN6O2/c1-17(2)25-21-14-18(15-22(30)24(21)34-35(25)9)23-12-13-31-26(33-23)32-19-10-11-20(16-19)38-27(37)36(28(3,4)5)29(6,7)8/h12-15,17,19-20H,10-11,16H2,1-9H3,(H,31,32,33)/t19-,20-/m0/s1. The van der Waals surface area contributed by atoms with Crippen molar-refractivity contribution in [3.8, 4) is 11.3 Å². The van der Waals surface area contributed by atoms with Crippen molar-refractivity contribution in [2.45, 2.75) is 104 Å². The Labute approximate surface area is 225 Å². The molecule has 1 aromatic carbocycles. The molecule has 2 heterocycles. The lowest BCUT2D eigenvalue weighted by Crippen LogP contribution is -2.56. The summed E-state index contributed by atoms with van der Waals surface area (Å²) >= 11 is 0. The van der Waals surface area contributed by atoms with Gasteiger partial charge in [0.1, 0.15) is 11.6 Å². The van der Waals surface area contributed by atoms with Gasteiger partial charge in [-0.15, -0.1) is 0 Å². The highest BCUT2D eigenvalue weighted by atomic mass is 19.1. The highest BCUT2D eigenvalue weighted by Crippen LogP contribution is 2.32. The molecule has 2 aromatic heterocycles. The molecule has 0 aliphatic heterocycles. The van der Waals surface area contributed by atoms with Crippen molar-refractivity contribution >= 4 is 22.9 Å². The number of fused-ring (bicyclic) bond motifs is 1. The fraction of sp³-hybridized carbons (Fsp3) is 0.586. The number of hydrogen-bond acceptors (Lipinski definition) is 6. The van der Waals surface area contributed by atoms with E-state index in [4.69, 9.17) is 4.74 Å². The minimum absolute atomic E-state index is 0.0749. The maximum Gasteiger partial charge on any atom is 0.410 e. The van der Waals surface area contributed by atoms with E-state index in [2.05, 4.69) is 34.2 Å². The quantitative estimate of drug-likeness (QED) is 0.402. The predicted molar refractivity (Wildman–Crippen MR) is 149 cm³/mol. The number of halogens is 1. The summed E-state index contributed by atoms with van der Waals surface area (Å²) in [5.74, 6) is 0.306. The van der Waals surface area contributed by atoms with Crippen molar-refractivity contribution in [1.82, 2.24) is 24.6 Å². The van der Waals surface area contributed by atoms with Gasteiger partial charge in [-0.1, -0.05) is 13.8 Å². The Morgan fingerprint density at radius 1 is 1.16 bits per heavy atom. The van der Waals surface area contributed by atoms with E-state index in [1.54, 1.807) is 21.8 Å². The molecule has 1 N–H and O–H groups in total. The highest BCUT2D eigenvalue weighted by Gasteiger charge is 2.39. The summed E-state index contributed by atoms with van der Waals surface area (Å²) in [6.45, 7) is 16.3. The molecular formula is C29H41FN6O2. The summed E-state index contributed by atoms with van der Waals surface area (Å²) in [5.41, 5.74) is 1.96. The number of nitrogens with one attached hydrogen (secondary N) is 1. The van der Waals surface area contributed by atoms with Gasteiger partial charge in [-0.05, 0) is 78.5 Å². The number of amides is 1. The van der Waals surface area contributed by atoms with Crippen LogP contribution in [0.25, 0.3) is 22.2 Å². The van der Waals surface area contributed by atoms with Crippen LogP contribution in [0.1, 0.15) is 86.3 Å². The molecule has 0 unspecified atom stereocenters. The smallest absolute Gasteiger partial charge is 0.410 e. The SMILES string of the molecule is CC(C)c1c2cc(-c3ccnc(N[C@H]4CC[C@H](OC(=O)N(C(C)(C)C)C(C)(C)C)C4)n3)cc(F)c2nn1C.